The van der Waals surface area contributed by atoms with Crippen molar-refractivity contribution in [1.29, 1.82) is 0 Å². The van der Waals surface area contributed by atoms with Crippen LogP contribution < -0.4 is 14.2 Å². The fourth-order valence-corrected chi connectivity index (χ4v) is 2.22. The summed E-state index contributed by atoms with van der Waals surface area (Å²) >= 11 is 5.35. The van der Waals surface area contributed by atoms with Crippen LogP contribution in [0, 0.1) is 0 Å². The fourth-order valence-electron chi connectivity index (χ4n) is 1.98. The number of ether oxygens (including phenoxy) is 3. The summed E-state index contributed by atoms with van der Waals surface area (Å²) in [5.74, 6) is 1.47. The van der Waals surface area contributed by atoms with Crippen LogP contribution in [-0.2, 0) is 0 Å². The summed E-state index contributed by atoms with van der Waals surface area (Å²) in [6.07, 6.45) is -1.56. The van der Waals surface area contributed by atoms with Crippen molar-refractivity contribution >= 4 is 17.1 Å². The first kappa shape index (κ1) is 18.6. The number of methoxy groups -OCH3 is 3. The summed E-state index contributed by atoms with van der Waals surface area (Å²) in [6, 6.07) is 3.47. The van der Waals surface area contributed by atoms with Crippen molar-refractivity contribution < 1.29 is 29.5 Å². The van der Waals surface area contributed by atoms with Crippen LogP contribution in [-0.4, -0.2) is 60.3 Å². The van der Waals surface area contributed by atoms with Gasteiger partial charge in [0.25, 0.3) is 0 Å². The van der Waals surface area contributed by atoms with E-state index in [9.17, 15) is 10.2 Å². The summed E-state index contributed by atoms with van der Waals surface area (Å²) in [5.41, 5.74) is 0.718. The highest BCUT2D eigenvalue weighted by atomic mass is 32.1. The van der Waals surface area contributed by atoms with Gasteiger partial charge in [-0.15, -0.1) is 0 Å². The van der Waals surface area contributed by atoms with Crippen LogP contribution >= 0.6 is 12.2 Å². The largest absolute Gasteiger partial charge is 0.493 e. The lowest BCUT2D eigenvalue weighted by Crippen LogP contribution is -2.29. The highest BCUT2D eigenvalue weighted by Crippen LogP contribution is 2.38. The van der Waals surface area contributed by atoms with E-state index in [4.69, 9.17) is 31.5 Å². The third kappa shape index (κ3) is 4.54. The third-order valence-corrected chi connectivity index (χ3v) is 3.72. The Kier molecular flexibility index (Phi) is 7.53. The minimum atomic E-state index is -1.16. The quantitative estimate of drug-likeness (QED) is 0.458. The molecule has 1 aromatic carbocycles. The lowest BCUT2D eigenvalue weighted by Gasteiger charge is -2.17. The van der Waals surface area contributed by atoms with Crippen molar-refractivity contribution in [2.24, 2.45) is 0 Å². The normalized spacial score (nSPS) is 13.4. The Morgan fingerprint density at radius 1 is 1.05 bits per heavy atom. The van der Waals surface area contributed by atoms with Crippen molar-refractivity contribution in [3.05, 3.63) is 17.7 Å². The van der Waals surface area contributed by atoms with Crippen molar-refractivity contribution in [3.63, 3.8) is 0 Å². The number of aliphatic hydroxyl groups is 3. The van der Waals surface area contributed by atoms with E-state index in [2.05, 4.69) is 0 Å². The van der Waals surface area contributed by atoms with E-state index < -0.39 is 18.8 Å². The molecule has 3 N–H and O–H groups in total. The summed E-state index contributed by atoms with van der Waals surface area (Å²) in [6.45, 7) is -0.488. The first-order valence-electron chi connectivity index (χ1n) is 6.78. The lowest BCUT2D eigenvalue weighted by atomic mass is 10.0. The van der Waals surface area contributed by atoms with Crippen molar-refractivity contribution in [2.45, 2.75) is 25.0 Å². The minimum Gasteiger partial charge on any atom is -0.493 e. The third-order valence-electron chi connectivity index (χ3n) is 3.29. The van der Waals surface area contributed by atoms with Gasteiger partial charge in [0, 0.05) is 4.86 Å². The zero-order valence-electron chi connectivity index (χ0n) is 12.9. The lowest BCUT2D eigenvalue weighted by molar-refractivity contribution is -0.0164. The number of hydrogen-bond donors (Lipinski definition) is 3. The van der Waals surface area contributed by atoms with Crippen LogP contribution in [0.15, 0.2) is 12.1 Å². The summed E-state index contributed by atoms with van der Waals surface area (Å²) in [4.78, 5) is 0.587. The molecular weight excluding hydrogens is 308 g/mol. The first-order valence-corrected chi connectivity index (χ1v) is 7.19. The van der Waals surface area contributed by atoms with Crippen LogP contribution in [0.1, 0.15) is 18.4 Å². The van der Waals surface area contributed by atoms with E-state index in [1.807, 2.05) is 0 Å². The van der Waals surface area contributed by atoms with E-state index in [1.54, 1.807) is 12.1 Å². The summed E-state index contributed by atoms with van der Waals surface area (Å²) in [5, 5.41) is 27.8. The van der Waals surface area contributed by atoms with Crippen LogP contribution in [0.4, 0.5) is 0 Å². The molecular formula is C15H22O6S. The maximum absolute atomic E-state index is 9.66. The topological polar surface area (TPSA) is 88.4 Å². The molecule has 22 heavy (non-hydrogen) atoms. The molecule has 0 fully saturated rings. The Morgan fingerprint density at radius 3 is 2.00 bits per heavy atom. The molecule has 0 aliphatic heterocycles. The average Bonchev–Trinajstić information content (AvgIpc) is 2.56. The van der Waals surface area contributed by atoms with Crippen LogP contribution in [0.5, 0.6) is 17.2 Å². The first-order chi connectivity index (χ1) is 10.5. The maximum Gasteiger partial charge on any atom is 0.203 e. The van der Waals surface area contributed by atoms with Gasteiger partial charge in [-0.2, -0.15) is 0 Å². The molecule has 1 rings (SSSR count). The molecule has 0 radical (unpaired) electrons. The molecule has 0 aliphatic carbocycles. The standard InChI is InChI=1S/C15H22O6S/c1-19-12-6-9(7-13(20-2)15(12)21-3)14(22)5-4-10(17)11(18)8-16/h6-7,10-11,16-18H,4-5,8H2,1-3H3/t10-,11+/m1/s1. The zero-order valence-corrected chi connectivity index (χ0v) is 13.7. The minimum absolute atomic E-state index is 0.247. The van der Waals surface area contributed by atoms with Gasteiger partial charge in [0.05, 0.1) is 34.0 Å². The Bertz CT molecular complexity index is 480. The number of rotatable bonds is 9. The van der Waals surface area contributed by atoms with Gasteiger partial charge in [0.15, 0.2) is 11.5 Å². The predicted octanol–water partition coefficient (Wildman–Crippen LogP) is 0.925. The number of hydrogen-bond acceptors (Lipinski definition) is 7. The van der Waals surface area contributed by atoms with Gasteiger partial charge in [0.1, 0.15) is 6.10 Å². The molecule has 1 aromatic rings. The molecule has 0 amide bonds. The van der Waals surface area contributed by atoms with E-state index >= 15 is 0 Å². The number of aliphatic hydroxyl groups excluding tert-OH is 3. The van der Waals surface area contributed by atoms with Gasteiger partial charge in [-0.25, -0.2) is 0 Å². The molecule has 0 unspecified atom stereocenters. The molecule has 0 aromatic heterocycles. The molecule has 0 saturated carbocycles. The molecule has 7 heteroatoms. The van der Waals surface area contributed by atoms with Gasteiger partial charge < -0.3 is 29.5 Å². The zero-order chi connectivity index (χ0) is 16.7. The highest BCUT2D eigenvalue weighted by Gasteiger charge is 2.18. The Morgan fingerprint density at radius 2 is 1.59 bits per heavy atom. The van der Waals surface area contributed by atoms with E-state index in [-0.39, 0.29) is 6.42 Å². The molecule has 124 valence electrons. The molecule has 0 spiro atoms. The molecule has 6 nitrogen and oxygen atoms in total. The van der Waals surface area contributed by atoms with Gasteiger partial charge >= 0.3 is 0 Å². The molecule has 2 atom stereocenters. The number of thiocarbonyl (C=S) groups is 1. The second kappa shape index (κ2) is 8.89. The monoisotopic (exact) mass is 330 g/mol. The molecule has 0 saturated heterocycles. The van der Waals surface area contributed by atoms with Gasteiger partial charge in [-0.05, 0) is 30.5 Å². The maximum atomic E-state index is 9.66. The van der Waals surface area contributed by atoms with Crippen molar-refractivity contribution in [3.8, 4) is 17.2 Å². The van der Waals surface area contributed by atoms with E-state index in [0.717, 1.165) is 5.56 Å². The van der Waals surface area contributed by atoms with Crippen molar-refractivity contribution in [2.75, 3.05) is 27.9 Å². The summed E-state index contributed by atoms with van der Waals surface area (Å²) < 4.78 is 15.8. The highest BCUT2D eigenvalue weighted by molar-refractivity contribution is 7.80. The van der Waals surface area contributed by atoms with Crippen LogP contribution in [0.25, 0.3) is 0 Å². The van der Waals surface area contributed by atoms with Crippen LogP contribution in [0.3, 0.4) is 0 Å². The van der Waals surface area contributed by atoms with Gasteiger partial charge in [0.2, 0.25) is 5.75 Å². The van der Waals surface area contributed by atoms with Crippen molar-refractivity contribution in [1.82, 2.24) is 0 Å². The molecule has 0 aliphatic rings. The fraction of sp³-hybridized carbons (Fsp3) is 0.533. The average molecular weight is 330 g/mol. The summed E-state index contributed by atoms with van der Waals surface area (Å²) in [7, 11) is 4.56. The smallest absolute Gasteiger partial charge is 0.203 e. The van der Waals surface area contributed by atoms with E-state index in [0.29, 0.717) is 28.5 Å². The molecule has 0 heterocycles. The SMILES string of the molecule is COc1cc(C(=S)CC[C@@H](O)[C@@H](O)CO)cc(OC)c1OC. The van der Waals surface area contributed by atoms with Gasteiger partial charge in [-0.1, -0.05) is 12.2 Å². The second-order valence-electron chi connectivity index (χ2n) is 4.69. The second-order valence-corrected chi connectivity index (χ2v) is 5.19. The Hall–Kier alpha value is -1.41. The molecule has 0 bridgehead atoms. The Labute approximate surface area is 135 Å². The number of benzene rings is 1. The van der Waals surface area contributed by atoms with Gasteiger partial charge in [-0.3, -0.25) is 0 Å². The van der Waals surface area contributed by atoms with Crippen LogP contribution in [0.2, 0.25) is 0 Å². The van der Waals surface area contributed by atoms with E-state index in [1.165, 1.54) is 21.3 Å². The predicted molar refractivity (Wildman–Crippen MR) is 86.1 cm³/mol. The Balaban J connectivity index is 2.89.